The second-order valence-corrected chi connectivity index (χ2v) is 9.66. The molecule has 0 spiro atoms. The molecular weight excluding hydrogens is 452 g/mol. The van der Waals surface area contributed by atoms with Gasteiger partial charge in [-0.3, -0.25) is 4.55 Å². The van der Waals surface area contributed by atoms with Gasteiger partial charge in [0.1, 0.15) is 10.1 Å². The van der Waals surface area contributed by atoms with Gasteiger partial charge in [-0.2, -0.15) is 8.42 Å². The molecule has 162 valence electrons. The standard InChI is InChI=1S/C23H16O7S2/c24-31(25,26)19-11-12-20(23(15-19)32(27,28)29)18-13-21(16-7-3-1-4-8-16)30-22(14-18)17-9-5-2-6-10-17/h1-15H,(H-,24,25,26,27,28,29). The van der Waals surface area contributed by atoms with Gasteiger partial charge in [-0.15, -0.1) is 0 Å². The van der Waals surface area contributed by atoms with E-state index in [-0.39, 0.29) is 5.56 Å². The highest BCUT2D eigenvalue weighted by molar-refractivity contribution is 7.86. The highest BCUT2D eigenvalue weighted by atomic mass is 32.2. The smallest absolute Gasteiger partial charge is 0.361 e. The van der Waals surface area contributed by atoms with E-state index in [0.29, 0.717) is 34.3 Å². The minimum atomic E-state index is -5.08. The molecule has 0 bridgehead atoms. The molecule has 32 heavy (non-hydrogen) atoms. The van der Waals surface area contributed by atoms with E-state index in [1.165, 1.54) is 6.07 Å². The van der Waals surface area contributed by atoms with Gasteiger partial charge in [0.15, 0.2) is 0 Å². The van der Waals surface area contributed by atoms with Crippen LogP contribution in [0.5, 0.6) is 0 Å². The molecule has 1 aromatic heterocycles. The van der Waals surface area contributed by atoms with Gasteiger partial charge in [0.25, 0.3) is 10.1 Å². The van der Waals surface area contributed by atoms with E-state index in [4.69, 9.17) is 4.42 Å². The molecule has 9 heteroatoms. The average molecular weight is 469 g/mol. The summed E-state index contributed by atoms with van der Waals surface area (Å²) in [5.41, 5.74) is 1.74. The molecule has 7 nitrogen and oxygen atoms in total. The first-order valence-electron chi connectivity index (χ1n) is 9.30. The summed E-state index contributed by atoms with van der Waals surface area (Å²) in [7, 11) is -9.78. The highest BCUT2D eigenvalue weighted by Crippen LogP contribution is 2.36. The maximum atomic E-state index is 12.0. The Hall–Kier alpha value is -3.37. The molecule has 3 aromatic carbocycles. The molecule has 0 saturated heterocycles. The third kappa shape index (κ3) is 4.61. The second kappa shape index (κ2) is 8.29. The Morgan fingerprint density at radius 3 is 1.59 bits per heavy atom. The van der Waals surface area contributed by atoms with Crippen LogP contribution in [-0.4, -0.2) is 25.9 Å². The van der Waals surface area contributed by atoms with Crippen molar-refractivity contribution in [3.63, 3.8) is 0 Å². The Kier molecular flexibility index (Phi) is 5.66. The lowest BCUT2D eigenvalue weighted by atomic mass is 10.0. The molecule has 4 rings (SSSR count). The predicted molar refractivity (Wildman–Crippen MR) is 117 cm³/mol. The Morgan fingerprint density at radius 2 is 1.16 bits per heavy atom. The van der Waals surface area contributed by atoms with Crippen LogP contribution in [0.15, 0.2) is 105 Å². The van der Waals surface area contributed by atoms with Crippen LogP contribution in [0.4, 0.5) is 0 Å². The minimum absolute atomic E-state index is 0.0161. The molecule has 0 unspecified atom stereocenters. The van der Waals surface area contributed by atoms with Crippen LogP contribution in [0.1, 0.15) is 0 Å². The van der Waals surface area contributed by atoms with Crippen molar-refractivity contribution in [3.05, 3.63) is 91.0 Å². The topological polar surface area (TPSA) is 123 Å². The molecular formula is C23H16O7S2. The summed E-state index contributed by atoms with van der Waals surface area (Å²) in [5.74, 6) is 0.824. The van der Waals surface area contributed by atoms with Gasteiger partial charge in [0.2, 0.25) is 0 Å². The van der Waals surface area contributed by atoms with Crippen molar-refractivity contribution in [1.82, 2.24) is 0 Å². The normalized spacial score (nSPS) is 11.9. The Balaban J connectivity index is 2.02. The molecule has 1 N–H and O–H groups in total. The van der Waals surface area contributed by atoms with Crippen molar-refractivity contribution in [2.75, 3.05) is 0 Å². The van der Waals surface area contributed by atoms with Gasteiger partial charge in [0, 0.05) is 5.56 Å². The van der Waals surface area contributed by atoms with Gasteiger partial charge in [-0.25, -0.2) is 12.8 Å². The Bertz CT molecular complexity index is 1440. The fourth-order valence-corrected chi connectivity index (χ4v) is 4.56. The van der Waals surface area contributed by atoms with Gasteiger partial charge in [-0.05, 0) is 42.0 Å². The predicted octanol–water partition coefficient (Wildman–Crippen LogP) is 4.71. The first kappa shape index (κ1) is 21.8. The summed E-state index contributed by atoms with van der Waals surface area (Å²) < 4.78 is 74.2. The van der Waals surface area contributed by atoms with Gasteiger partial charge in [-0.1, -0.05) is 42.5 Å². The second-order valence-electron chi connectivity index (χ2n) is 6.89. The highest BCUT2D eigenvalue weighted by Gasteiger charge is 2.24. The zero-order valence-corrected chi connectivity index (χ0v) is 18.0. The first-order chi connectivity index (χ1) is 15.1. The molecule has 0 aliphatic heterocycles. The molecule has 0 atom stereocenters. The van der Waals surface area contributed by atoms with Gasteiger partial charge in [0.05, 0.1) is 33.1 Å². The third-order valence-electron chi connectivity index (χ3n) is 4.74. The summed E-state index contributed by atoms with van der Waals surface area (Å²) in [6.45, 7) is 0. The van der Waals surface area contributed by atoms with Gasteiger partial charge < -0.3 is 4.55 Å². The van der Waals surface area contributed by atoms with Crippen LogP contribution in [0, 0.1) is 0 Å². The molecule has 0 saturated carbocycles. The van der Waals surface area contributed by atoms with Crippen molar-refractivity contribution in [1.29, 1.82) is 0 Å². The summed E-state index contributed by atoms with van der Waals surface area (Å²) in [4.78, 5) is -1.46. The summed E-state index contributed by atoms with van der Waals surface area (Å²) >= 11 is 0. The van der Waals surface area contributed by atoms with Crippen molar-refractivity contribution in [2.24, 2.45) is 0 Å². The van der Waals surface area contributed by atoms with E-state index >= 15 is 0 Å². The van der Waals surface area contributed by atoms with E-state index in [9.17, 15) is 25.9 Å². The van der Waals surface area contributed by atoms with Crippen molar-refractivity contribution in [2.45, 2.75) is 9.79 Å². The van der Waals surface area contributed by atoms with E-state index < -0.39 is 30.0 Å². The van der Waals surface area contributed by atoms with Gasteiger partial charge >= 0.3 is 11.5 Å². The van der Waals surface area contributed by atoms with Crippen LogP contribution in [0.25, 0.3) is 33.8 Å². The van der Waals surface area contributed by atoms with Crippen molar-refractivity contribution in [3.8, 4) is 33.8 Å². The Labute approximate surface area is 185 Å². The molecule has 0 radical (unpaired) electrons. The number of hydrogen-bond acceptors (Lipinski definition) is 5. The fourth-order valence-electron chi connectivity index (χ4n) is 3.25. The monoisotopic (exact) mass is 468 g/mol. The quantitative estimate of drug-likeness (QED) is 0.332. The maximum absolute atomic E-state index is 12.0. The van der Waals surface area contributed by atoms with Crippen LogP contribution < -0.4 is 0 Å². The number of hydrogen-bond donors (Lipinski definition) is 1. The van der Waals surface area contributed by atoms with Crippen LogP contribution in [0.3, 0.4) is 0 Å². The van der Waals surface area contributed by atoms with Crippen molar-refractivity contribution >= 4 is 20.2 Å². The number of benzene rings is 3. The zero-order chi connectivity index (χ0) is 22.9. The lowest BCUT2D eigenvalue weighted by Gasteiger charge is -2.14. The lowest BCUT2D eigenvalue weighted by Crippen LogP contribution is -2.05. The Morgan fingerprint density at radius 1 is 0.656 bits per heavy atom. The zero-order valence-electron chi connectivity index (χ0n) is 16.4. The van der Waals surface area contributed by atoms with E-state index in [1.54, 1.807) is 12.1 Å². The molecule has 4 aromatic rings. The molecule has 1 heterocycles. The SMILES string of the molecule is O=S(=O)([O-])c1cc(S(=O)(=O)O)ccc1-c1cc(-c2ccccc2)[o+]c(-c2ccccc2)c1. The maximum Gasteiger partial charge on any atom is 0.361 e. The van der Waals surface area contributed by atoms with Crippen LogP contribution in [0.2, 0.25) is 0 Å². The molecule has 0 aliphatic rings. The van der Waals surface area contributed by atoms with Crippen LogP contribution in [-0.2, 0) is 20.2 Å². The van der Waals surface area contributed by atoms with E-state index in [0.717, 1.165) is 6.07 Å². The molecule has 0 aliphatic carbocycles. The van der Waals surface area contributed by atoms with Crippen molar-refractivity contribution < 1.29 is 30.4 Å². The summed E-state index contributed by atoms with van der Waals surface area (Å²) in [6.07, 6.45) is 0. The van der Waals surface area contributed by atoms with E-state index in [1.807, 2.05) is 60.7 Å². The average Bonchev–Trinajstić information content (AvgIpc) is 2.78. The molecule has 0 amide bonds. The first-order valence-corrected chi connectivity index (χ1v) is 12.1. The summed E-state index contributed by atoms with van der Waals surface area (Å²) in [6, 6.07) is 24.2. The fraction of sp³-hybridized carbons (Fsp3) is 0. The molecule has 0 fully saturated rings. The van der Waals surface area contributed by atoms with E-state index in [2.05, 4.69) is 0 Å². The summed E-state index contributed by atoms with van der Waals surface area (Å²) in [5, 5.41) is 0. The number of rotatable bonds is 5. The lowest BCUT2D eigenvalue weighted by molar-refractivity contribution is 0.463. The minimum Gasteiger partial charge on any atom is -0.744 e. The van der Waals surface area contributed by atoms with Crippen LogP contribution >= 0.6 is 0 Å². The third-order valence-corrected chi connectivity index (χ3v) is 6.47. The largest absolute Gasteiger partial charge is 0.744 e.